The van der Waals surface area contributed by atoms with Crippen molar-refractivity contribution in [1.29, 1.82) is 0 Å². The fourth-order valence-electron chi connectivity index (χ4n) is 3.72. The molecule has 8 nitrogen and oxygen atoms in total. The summed E-state index contributed by atoms with van der Waals surface area (Å²) in [5.41, 5.74) is 0.500. The lowest BCUT2D eigenvalue weighted by molar-refractivity contribution is 0.0378. The number of rotatable bonds is 4. The van der Waals surface area contributed by atoms with Gasteiger partial charge in [-0.2, -0.15) is 0 Å². The molecule has 0 aliphatic carbocycles. The molecule has 0 radical (unpaired) electrons. The number of carbonyl (C=O) groups excluding carboxylic acids is 1. The summed E-state index contributed by atoms with van der Waals surface area (Å²) >= 11 is 0. The average molecular weight is 377 g/mol. The van der Waals surface area contributed by atoms with Crippen LogP contribution in [0.2, 0.25) is 0 Å². The quantitative estimate of drug-likeness (QED) is 0.786. The molecule has 2 aromatic rings. The van der Waals surface area contributed by atoms with Crippen LogP contribution in [-0.4, -0.2) is 59.4 Å². The van der Waals surface area contributed by atoms with Crippen LogP contribution in [0.25, 0.3) is 0 Å². The first kappa shape index (κ1) is 17.0. The first-order valence-electron chi connectivity index (χ1n) is 8.38. The van der Waals surface area contributed by atoms with Crippen molar-refractivity contribution in [3.63, 3.8) is 0 Å². The first-order valence-corrected chi connectivity index (χ1v) is 10.0. The summed E-state index contributed by atoms with van der Waals surface area (Å²) in [6, 6.07) is 5.33. The molecule has 26 heavy (non-hydrogen) atoms. The molecule has 9 heteroatoms. The molecule has 1 unspecified atom stereocenters. The zero-order valence-corrected chi connectivity index (χ0v) is 15.1. The maximum Gasteiger partial charge on any atom is 0.291 e. The first-order chi connectivity index (χ1) is 12.4. The number of aromatic nitrogens is 2. The fourth-order valence-corrected chi connectivity index (χ4v) is 6.12. The van der Waals surface area contributed by atoms with Crippen molar-refractivity contribution in [3.05, 3.63) is 42.2 Å². The predicted molar refractivity (Wildman–Crippen MR) is 91.5 cm³/mol. The number of likely N-dealkylation sites (tertiary alicyclic amines) is 1. The lowest BCUT2D eigenvalue weighted by Gasteiger charge is -2.49. The van der Waals surface area contributed by atoms with Crippen LogP contribution in [0.3, 0.4) is 0 Å². The van der Waals surface area contributed by atoms with Gasteiger partial charge in [-0.05, 0) is 19.4 Å². The van der Waals surface area contributed by atoms with E-state index in [9.17, 15) is 13.2 Å². The van der Waals surface area contributed by atoms with Crippen molar-refractivity contribution in [2.75, 3.05) is 25.4 Å². The Morgan fingerprint density at radius 1 is 1.38 bits per heavy atom. The minimum absolute atomic E-state index is 0.118. The van der Waals surface area contributed by atoms with Gasteiger partial charge in [-0.1, -0.05) is 6.07 Å². The molecule has 0 aromatic carbocycles. The Morgan fingerprint density at radius 3 is 2.85 bits per heavy atom. The number of hydrogen-bond donors (Lipinski definition) is 0. The molecule has 2 fully saturated rings. The molecule has 0 N–H and O–H groups in total. The Kier molecular flexibility index (Phi) is 3.98. The summed E-state index contributed by atoms with van der Waals surface area (Å²) in [7, 11) is -3.29. The van der Waals surface area contributed by atoms with Crippen LogP contribution in [0.15, 0.2) is 35.2 Å². The maximum atomic E-state index is 12.7. The summed E-state index contributed by atoms with van der Waals surface area (Å²) in [6.45, 7) is 2.26. The predicted octanol–water partition coefficient (Wildman–Crippen LogP) is 1.09. The molecule has 1 atom stereocenters. The van der Waals surface area contributed by atoms with E-state index in [2.05, 4.69) is 9.97 Å². The van der Waals surface area contributed by atoms with Crippen LogP contribution in [0.4, 0.5) is 0 Å². The van der Waals surface area contributed by atoms with Gasteiger partial charge < -0.3 is 14.1 Å². The van der Waals surface area contributed by atoms with Gasteiger partial charge in [0.1, 0.15) is 4.75 Å². The highest BCUT2D eigenvalue weighted by Gasteiger charge is 2.63. The topological polar surface area (TPSA) is 103 Å². The van der Waals surface area contributed by atoms with E-state index in [0.29, 0.717) is 18.0 Å². The number of hydrogen-bond acceptors (Lipinski definition) is 7. The second kappa shape index (κ2) is 6.08. The van der Waals surface area contributed by atoms with Crippen molar-refractivity contribution in [2.45, 2.75) is 18.1 Å². The molecular weight excluding hydrogens is 358 g/mol. The SMILES string of the molecule is Cc1ncoc1C(=O)N1CC2(C1)C(COc1ccccn1)CCS2(=O)=O. The van der Waals surface area contributed by atoms with Crippen molar-refractivity contribution in [1.82, 2.24) is 14.9 Å². The molecule has 2 aliphatic rings. The van der Waals surface area contributed by atoms with Gasteiger partial charge in [0.05, 0.1) is 18.1 Å². The van der Waals surface area contributed by atoms with E-state index < -0.39 is 14.6 Å². The summed E-state index contributed by atoms with van der Waals surface area (Å²) in [6.07, 6.45) is 3.37. The van der Waals surface area contributed by atoms with E-state index in [-0.39, 0.29) is 43.0 Å². The standard InChI is InChI=1S/C17H19N3O5S/c1-12-15(25-11-19-12)16(21)20-9-17(10-20)13(5-7-26(17,22)23)8-24-14-4-2-3-6-18-14/h2-4,6,11,13H,5,7-10H2,1H3. The smallest absolute Gasteiger partial charge is 0.291 e. The highest BCUT2D eigenvalue weighted by molar-refractivity contribution is 7.93. The van der Waals surface area contributed by atoms with E-state index in [1.165, 1.54) is 11.3 Å². The summed E-state index contributed by atoms with van der Waals surface area (Å²) < 4.78 is 35.2. The normalized spacial score (nSPS) is 23.0. The number of ether oxygens (including phenoxy) is 1. The van der Waals surface area contributed by atoms with Gasteiger partial charge in [-0.25, -0.2) is 18.4 Å². The molecule has 2 saturated heterocycles. The molecule has 4 rings (SSSR count). The molecule has 2 aromatic heterocycles. The highest BCUT2D eigenvalue weighted by atomic mass is 32.2. The number of sulfone groups is 1. The highest BCUT2D eigenvalue weighted by Crippen LogP contribution is 2.45. The Bertz CT molecular complexity index is 919. The van der Waals surface area contributed by atoms with Crippen molar-refractivity contribution >= 4 is 15.7 Å². The number of carbonyl (C=O) groups is 1. The molecule has 138 valence electrons. The zero-order valence-electron chi connectivity index (χ0n) is 14.3. The van der Waals surface area contributed by atoms with Crippen LogP contribution < -0.4 is 4.74 Å². The lowest BCUT2D eigenvalue weighted by atomic mass is 9.83. The van der Waals surface area contributed by atoms with E-state index in [0.717, 1.165) is 0 Å². The fraction of sp³-hybridized carbons (Fsp3) is 0.471. The van der Waals surface area contributed by atoms with Gasteiger partial charge >= 0.3 is 0 Å². The van der Waals surface area contributed by atoms with Crippen LogP contribution in [-0.2, 0) is 9.84 Å². The Hall–Kier alpha value is -2.42. The Labute approximate surface area is 151 Å². The third-order valence-electron chi connectivity index (χ3n) is 5.31. The molecule has 1 amide bonds. The molecule has 2 aliphatic heterocycles. The molecule has 0 saturated carbocycles. The second-order valence-corrected chi connectivity index (χ2v) is 9.23. The van der Waals surface area contributed by atoms with E-state index in [4.69, 9.17) is 9.15 Å². The van der Waals surface area contributed by atoms with Crippen molar-refractivity contribution in [3.8, 4) is 5.88 Å². The van der Waals surface area contributed by atoms with Gasteiger partial charge in [0, 0.05) is 31.3 Å². The third kappa shape index (κ3) is 2.57. The van der Waals surface area contributed by atoms with Gasteiger partial charge in [-0.3, -0.25) is 4.79 Å². The minimum atomic E-state index is -3.29. The number of aryl methyl sites for hydroxylation is 1. The zero-order chi connectivity index (χ0) is 18.4. The van der Waals surface area contributed by atoms with Crippen LogP contribution >= 0.6 is 0 Å². The van der Waals surface area contributed by atoms with Gasteiger partial charge in [0.15, 0.2) is 16.2 Å². The van der Waals surface area contributed by atoms with E-state index in [1.807, 2.05) is 6.07 Å². The van der Waals surface area contributed by atoms with Crippen LogP contribution in [0, 0.1) is 12.8 Å². The number of oxazole rings is 1. The molecule has 1 spiro atoms. The summed E-state index contributed by atoms with van der Waals surface area (Å²) in [5, 5.41) is 0. The molecule has 4 heterocycles. The lowest BCUT2D eigenvalue weighted by Crippen LogP contribution is -2.69. The minimum Gasteiger partial charge on any atom is -0.477 e. The van der Waals surface area contributed by atoms with Crippen molar-refractivity contribution < 1.29 is 22.4 Å². The number of amides is 1. The largest absolute Gasteiger partial charge is 0.477 e. The summed E-state index contributed by atoms with van der Waals surface area (Å²) in [4.78, 5) is 22.0. The monoisotopic (exact) mass is 377 g/mol. The Morgan fingerprint density at radius 2 is 2.19 bits per heavy atom. The average Bonchev–Trinajstić information content (AvgIpc) is 3.12. The second-order valence-electron chi connectivity index (χ2n) is 6.78. The number of pyridine rings is 1. The van der Waals surface area contributed by atoms with Gasteiger partial charge in [-0.15, -0.1) is 0 Å². The Balaban J connectivity index is 1.48. The van der Waals surface area contributed by atoms with Gasteiger partial charge in [0.2, 0.25) is 11.6 Å². The molecular formula is C17H19N3O5S. The van der Waals surface area contributed by atoms with Gasteiger partial charge in [0.25, 0.3) is 5.91 Å². The van der Waals surface area contributed by atoms with E-state index in [1.54, 1.807) is 25.3 Å². The van der Waals surface area contributed by atoms with E-state index >= 15 is 0 Å². The maximum absolute atomic E-state index is 12.7. The van der Waals surface area contributed by atoms with Crippen LogP contribution in [0.5, 0.6) is 5.88 Å². The van der Waals surface area contributed by atoms with Crippen molar-refractivity contribution in [2.24, 2.45) is 5.92 Å². The van der Waals surface area contributed by atoms with Crippen LogP contribution in [0.1, 0.15) is 22.7 Å². The third-order valence-corrected chi connectivity index (χ3v) is 7.92. The number of nitrogens with zero attached hydrogens (tertiary/aromatic N) is 3. The molecule has 0 bridgehead atoms. The summed E-state index contributed by atoms with van der Waals surface area (Å²) in [5.74, 6) is 0.256.